The van der Waals surface area contributed by atoms with Crippen LogP contribution in [0.1, 0.15) is 42.7 Å². The van der Waals surface area contributed by atoms with Gasteiger partial charge in [-0.05, 0) is 35.1 Å². The summed E-state index contributed by atoms with van der Waals surface area (Å²) in [5.41, 5.74) is 4.44. The highest BCUT2D eigenvalue weighted by Gasteiger charge is 2.36. The molecule has 1 saturated carbocycles. The van der Waals surface area contributed by atoms with Crippen molar-refractivity contribution in [2.45, 2.75) is 43.7 Å². The zero-order chi connectivity index (χ0) is 23.4. The summed E-state index contributed by atoms with van der Waals surface area (Å²) >= 11 is 0. The van der Waals surface area contributed by atoms with Crippen molar-refractivity contribution in [2.75, 3.05) is 13.2 Å². The molecule has 0 saturated heterocycles. The Labute approximate surface area is 192 Å². The van der Waals surface area contributed by atoms with Gasteiger partial charge >= 0.3 is 12.1 Å². The standard InChI is InChI=1S/C26H26N2O5/c1-2-7-23(25(31)28(17-12-13-17)15-14-24(29)30)27-26(32)33-16-22-20-10-5-3-8-18(20)19-9-4-6-11-21(19)22/h1,3-6,8-11,17,22-23H,7,12-16H2,(H,27,32)(H,29,30). The average Bonchev–Trinajstić information content (AvgIpc) is 3.59. The van der Waals surface area contributed by atoms with Crippen molar-refractivity contribution in [1.29, 1.82) is 0 Å². The maximum atomic E-state index is 13.0. The fourth-order valence-electron chi connectivity index (χ4n) is 4.38. The lowest BCUT2D eigenvalue weighted by molar-refractivity contribution is -0.139. The van der Waals surface area contributed by atoms with Gasteiger partial charge in [0.05, 0.1) is 6.42 Å². The number of carboxylic acids is 1. The maximum absolute atomic E-state index is 13.0. The van der Waals surface area contributed by atoms with Gasteiger partial charge < -0.3 is 20.1 Å². The maximum Gasteiger partial charge on any atom is 0.407 e. The summed E-state index contributed by atoms with van der Waals surface area (Å²) in [4.78, 5) is 38.1. The third-order valence-corrected chi connectivity index (χ3v) is 6.09. The number of benzene rings is 2. The topological polar surface area (TPSA) is 95.9 Å². The summed E-state index contributed by atoms with van der Waals surface area (Å²) in [6.45, 7) is 0.217. The van der Waals surface area contributed by atoms with E-state index in [0.29, 0.717) is 0 Å². The first-order chi connectivity index (χ1) is 16.0. The highest BCUT2D eigenvalue weighted by atomic mass is 16.5. The number of carbonyl (C=O) groups is 3. The van der Waals surface area contributed by atoms with Gasteiger partial charge in [0.1, 0.15) is 12.6 Å². The number of hydrogen-bond acceptors (Lipinski definition) is 4. The van der Waals surface area contributed by atoms with Gasteiger partial charge in [0.2, 0.25) is 5.91 Å². The molecule has 0 spiro atoms. The third-order valence-electron chi connectivity index (χ3n) is 6.09. The smallest absolute Gasteiger partial charge is 0.407 e. The molecule has 2 N–H and O–H groups in total. The SMILES string of the molecule is C#CCC(NC(=O)OCC1c2ccccc2-c2ccccc21)C(=O)N(CCC(=O)O)C1CC1. The van der Waals surface area contributed by atoms with Gasteiger partial charge in [0, 0.05) is 24.9 Å². The van der Waals surface area contributed by atoms with Gasteiger partial charge in [-0.3, -0.25) is 9.59 Å². The van der Waals surface area contributed by atoms with Crippen molar-refractivity contribution in [2.24, 2.45) is 0 Å². The minimum absolute atomic E-state index is 0.000674. The predicted molar refractivity (Wildman–Crippen MR) is 122 cm³/mol. The molecule has 2 amide bonds. The molecule has 7 nitrogen and oxygen atoms in total. The second-order valence-electron chi connectivity index (χ2n) is 8.34. The molecule has 1 fully saturated rings. The molecule has 0 radical (unpaired) electrons. The summed E-state index contributed by atoms with van der Waals surface area (Å²) in [6, 6.07) is 15.1. The van der Waals surface area contributed by atoms with Crippen molar-refractivity contribution in [3.05, 3.63) is 59.7 Å². The van der Waals surface area contributed by atoms with E-state index < -0.39 is 18.1 Å². The normalized spacial score (nSPS) is 15.0. The molecular weight excluding hydrogens is 420 g/mol. The molecule has 0 bridgehead atoms. The number of carbonyl (C=O) groups excluding carboxylic acids is 2. The van der Waals surface area contributed by atoms with E-state index in [1.165, 1.54) is 4.90 Å². The van der Waals surface area contributed by atoms with Crippen LogP contribution in [-0.2, 0) is 14.3 Å². The first-order valence-corrected chi connectivity index (χ1v) is 11.1. The zero-order valence-electron chi connectivity index (χ0n) is 18.2. The van der Waals surface area contributed by atoms with Crippen molar-refractivity contribution < 1.29 is 24.2 Å². The van der Waals surface area contributed by atoms with E-state index >= 15 is 0 Å². The summed E-state index contributed by atoms with van der Waals surface area (Å²) in [5, 5.41) is 11.6. The molecule has 0 heterocycles. The van der Waals surface area contributed by atoms with E-state index in [-0.39, 0.29) is 43.9 Å². The number of terminal acetylenes is 1. The second kappa shape index (κ2) is 9.78. The Morgan fingerprint density at radius 3 is 2.24 bits per heavy atom. The number of ether oxygens (including phenoxy) is 1. The average molecular weight is 447 g/mol. The number of amides is 2. The van der Waals surface area contributed by atoms with Crippen LogP contribution in [0.3, 0.4) is 0 Å². The lowest BCUT2D eigenvalue weighted by Gasteiger charge is -2.26. The van der Waals surface area contributed by atoms with E-state index in [1.807, 2.05) is 36.4 Å². The van der Waals surface area contributed by atoms with E-state index in [4.69, 9.17) is 16.3 Å². The number of carboxylic acid groups (broad SMARTS) is 1. The van der Waals surface area contributed by atoms with Gasteiger partial charge in [-0.25, -0.2) is 4.79 Å². The number of alkyl carbamates (subject to hydrolysis) is 1. The molecule has 170 valence electrons. The summed E-state index contributed by atoms with van der Waals surface area (Å²) in [6.07, 6.45) is 6.19. The van der Waals surface area contributed by atoms with Crippen LogP contribution in [-0.4, -0.2) is 53.2 Å². The predicted octanol–water partition coefficient (Wildman–Crippen LogP) is 3.38. The molecule has 33 heavy (non-hydrogen) atoms. The highest BCUT2D eigenvalue weighted by molar-refractivity contribution is 5.87. The van der Waals surface area contributed by atoms with Gasteiger partial charge in [-0.1, -0.05) is 48.5 Å². The van der Waals surface area contributed by atoms with Crippen LogP contribution in [0.25, 0.3) is 11.1 Å². The lowest BCUT2D eigenvalue weighted by atomic mass is 9.98. The van der Waals surface area contributed by atoms with Crippen molar-refractivity contribution in [3.8, 4) is 23.5 Å². The van der Waals surface area contributed by atoms with Crippen LogP contribution < -0.4 is 5.32 Å². The fraction of sp³-hybridized carbons (Fsp3) is 0.346. The molecule has 2 aliphatic rings. The largest absolute Gasteiger partial charge is 0.481 e. The summed E-state index contributed by atoms with van der Waals surface area (Å²) in [7, 11) is 0. The quantitative estimate of drug-likeness (QED) is 0.576. The van der Waals surface area contributed by atoms with Gasteiger partial charge in [0.15, 0.2) is 0 Å². The van der Waals surface area contributed by atoms with Gasteiger partial charge in [-0.2, -0.15) is 0 Å². The molecule has 2 aromatic rings. The Bertz CT molecular complexity index is 1060. The number of rotatable bonds is 9. The van der Waals surface area contributed by atoms with Crippen molar-refractivity contribution in [1.82, 2.24) is 10.2 Å². The first kappa shape index (κ1) is 22.4. The van der Waals surface area contributed by atoms with Gasteiger partial charge in [-0.15, -0.1) is 12.3 Å². The molecule has 2 aromatic carbocycles. The zero-order valence-corrected chi connectivity index (χ0v) is 18.2. The number of fused-ring (bicyclic) bond motifs is 3. The summed E-state index contributed by atoms with van der Waals surface area (Å²) in [5.74, 6) is 0.978. The minimum Gasteiger partial charge on any atom is -0.481 e. The van der Waals surface area contributed by atoms with Crippen LogP contribution in [0.2, 0.25) is 0 Å². The summed E-state index contributed by atoms with van der Waals surface area (Å²) < 4.78 is 5.54. The minimum atomic E-state index is -0.980. The third kappa shape index (κ3) is 5.01. The molecule has 2 aliphatic carbocycles. The van der Waals surface area contributed by atoms with E-state index in [9.17, 15) is 14.4 Å². The van der Waals surface area contributed by atoms with Gasteiger partial charge in [0.25, 0.3) is 0 Å². The number of nitrogens with one attached hydrogen (secondary N) is 1. The van der Waals surface area contributed by atoms with Crippen LogP contribution in [0, 0.1) is 12.3 Å². The molecule has 1 unspecified atom stereocenters. The Morgan fingerprint density at radius 2 is 1.70 bits per heavy atom. The molecule has 7 heteroatoms. The van der Waals surface area contributed by atoms with E-state index in [0.717, 1.165) is 35.1 Å². The van der Waals surface area contributed by atoms with Crippen molar-refractivity contribution in [3.63, 3.8) is 0 Å². The fourth-order valence-corrected chi connectivity index (χ4v) is 4.38. The van der Waals surface area contributed by atoms with Crippen LogP contribution in [0.15, 0.2) is 48.5 Å². The number of hydrogen-bond donors (Lipinski definition) is 2. The molecule has 0 aliphatic heterocycles. The Hall–Kier alpha value is -3.79. The monoisotopic (exact) mass is 446 g/mol. The lowest BCUT2D eigenvalue weighted by Crippen LogP contribution is -2.50. The van der Waals surface area contributed by atoms with Crippen molar-refractivity contribution >= 4 is 18.0 Å². The van der Waals surface area contributed by atoms with E-state index in [2.05, 4.69) is 23.4 Å². The molecule has 4 rings (SSSR count). The van der Waals surface area contributed by atoms with E-state index in [1.54, 1.807) is 0 Å². The van der Waals surface area contributed by atoms with Crippen LogP contribution >= 0.6 is 0 Å². The first-order valence-electron chi connectivity index (χ1n) is 11.1. The Balaban J connectivity index is 1.41. The number of aliphatic carboxylic acids is 1. The highest BCUT2D eigenvalue weighted by Crippen LogP contribution is 2.44. The van der Waals surface area contributed by atoms with Crippen LogP contribution in [0.5, 0.6) is 0 Å². The molecule has 0 aromatic heterocycles. The number of nitrogens with zero attached hydrogens (tertiary/aromatic N) is 1. The molecular formula is C26H26N2O5. The Kier molecular flexibility index (Phi) is 6.64. The molecule has 1 atom stereocenters. The Morgan fingerprint density at radius 1 is 1.09 bits per heavy atom. The van der Waals surface area contributed by atoms with Crippen LogP contribution in [0.4, 0.5) is 4.79 Å². The second-order valence-corrected chi connectivity index (χ2v) is 8.34.